The zero-order valence-corrected chi connectivity index (χ0v) is 11.0. The molecule has 0 aliphatic rings. The lowest BCUT2D eigenvalue weighted by molar-refractivity contribution is 0.0163. The number of benzene rings is 1. The Bertz CT molecular complexity index is 335. The first-order chi connectivity index (χ1) is 7.53. The van der Waals surface area contributed by atoms with Crippen LogP contribution in [0.1, 0.15) is 56.2 Å². The molecule has 1 N–H and O–H groups in total. The summed E-state index contributed by atoms with van der Waals surface area (Å²) in [7, 11) is 0. The second kappa shape index (κ2) is 5.49. The smallest absolute Gasteiger partial charge is 0.0899 e. The second-order valence-corrected chi connectivity index (χ2v) is 4.85. The Kier molecular flexibility index (Phi) is 4.55. The molecule has 1 aromatic carbocycles. The van der Waals surface area contributed by atoms with E-state index >= 15 is 0 Å². The van der Waals surface area contributed by atoms with Gasteiger partial charge >= 0.3 is 0 Å². The van der Waals surface area contributed by atoms with Crippen LogP contribution >= 0.6 is 0 Å². The van der Waals surface area contributed by atoms with E-state index in [1.165, 1.54) is 11.1 Å². The molecule has 0 heterocycles. The van der Waals surface area contributed by atoms with Gasteiger partial charge in [0, 0.05) is 0 Å². The molecule has 1 rings (SSSR count). The maximum atomic E-state index is 10.8. The normalized spacial score (nSPS) is 11.8. The standard InChI is InChI=1S/C15H24O/c1-5-9-15(16,10-6-2)14-11-12(3)7-8-13(14)4/h7-8,11,16H,5-6,9-10H2,1-4H3. The number of hydrogen-bond donors (Lipinski definition) is 1. The monoisotopic (exact) mass is 220 g/mol. The van der Waals surface area contributed by atoms with Crippen LogP contribution in [-0.4, -0.2) is 5.11 Å². The van der Waals surface area contributed by atoms with Crippen LogP contribution in [0.2, 0.25) is 0 Å². The molecule has 1 nitrogen and oxygen atoms in total. The summed E-state index contributed by atoms with van der Waals surface area (Å²) in [6.07, 6.45) is 3.74. The van der Waals surface area contributed by atoms with E-state index in [0.29, 0.717) is 0 Å². The fourth-order valence-electron chi connectivity index (χ4n) is 2.46. The van der Waals surface area contributed by atoms with Gasteiger partial charge in [0.05, 0.1) is 5.60 Å². The van der Waals surface area contributed by atoms with Crippen molar-refractivity contribution in [2.24, 2.45) is 0 Å². The summed E-state index contributed by atoms with van der Waals surface area (Å²) in [6.45, 7) is 8.43. The SMILES string of the molecule is CCCC(O)(CCC)c1cc(C)ccc1C. The van der Waals surface area contributed by atoms with Crippen molar-refractivity contribution in [1.82, 2.24) is 0 Å². The maximum Gasteiger partial charge on any atom is 0.0899 e. The minimum atomic E-state index is -0.625. The van der Waals surface area contributed by atoms with E-state index in [-0.39, 0.29) is 0 Å². The lowest BCUT2D eigenvalue weighted by atomic mass is 9.82. The molecule has 0 atom stereocenters. The molecule has 1 aromatic rings. The van der Waals surface area contributed by atoms with E-state index in [1.807, 2.05) is 0 Å². The molecule has 0 unspecified atom stereocenters. The van der Waals surface area contributed by atoms with Crippen LogP contribution in [0, 0.1) is 13.8 Å². The van der Waals surface area contributed by atoms with Crippen molar-refractivity contribution in [3.05, 3.63) is 34.9 Å². The highest BCUT2D eigenvalue weighted by molar-refractivity contribution is 5.35. The van der Waals surface area contributed by atoms with Crippen LogP contribution in [0.15, 0.2) is 18.2 Å². The molecule has 0 saturated heterocycles. The van der Waals surface area contributed by atoms with Crippen LogP contribution in [0.4, 0.5) is 0 Å². The Hall–Kier alpha value is -0.820. The summed E-state index contributed by atoms with van der Waals surface area (Å²) >= 11 is 0. The van der Waals surface area contributed by atoms with E-state index in [4.69, 9.17) is 0 Å². The molecule has 0 spiro atoms. The Balaban J connectivity index is 3.14. The van der Waals surface area contributed by atoms with Gasteiger partial charge in [-0.25, -0.2) is 0 Å². The molecule has 16 heavy (non-hydrogen) atoms. The van der Waals surface area contributed by atoms with Crippen molar-refractivity contribution in [3.8, 4) is 0 Å². The fraction of sp³-hybridized carbons (Fsp3) is 0.600. The second-order valence-electron chi connectivity index (χ2n) is 4.85. The van der Waals surface area contributed by atoms with Gasteiger partial charge in [-0.05, 0) is 37.8 Å². The molecule has 1 heteroatoms. The molecule has 0 radical (unpaired) electrons. The molecule has 0 aromatic heterocycles. The van der Waals surface area contributed by atoms with Gasteiger partial charge in [0.2, 0.25) is 0 Å². The minimum absolute atomic E-state index is 0.625. The van der Waals surface area contributed by atoms with E-state index < -0.39 is 5.60 Å². The van der Waals surface area contributed by atoms with Gasteiger partial charge in [0.15, 0.2) is 0 Å². The summed E-state index contributed by atoms with van der Waals surface area (Å²) in [5.74, 6) is 0. The predicted octanol–water partition coefficient (Wildman–Crippen LogP) is 4.09. The first-order valence-electron chi connectivity index (χ1n) is 6.33. The van der Waals surface area contributed by atoms with E-state index in [0.717, 1.165) is 31.2 Å². The third-order valence-corrected chi connectivity index (χ3v) is 3.22. The molecule has 0 aliphatic heterocycles. The minimum Gasteiger partial charge on any atom is -0.385 e. The summed E-state index contributed by atoms with van der Waals surface area (Å²) in [5, 5.41) is 10.8. The number of rotatable bonds is 5. The summed E-state index contributed by atoms with van der Waals surface area (Å²) in [6, 6.07) is 6.36. The van der Waals surface area contributed by atoms with Gasteiger partial charge in [0.1, 0.15) is 0 Å². The molecule has 0 saturated carbocycles. The van der Waals surface area contributed by atoms with Crippen molar-refractivity contribution in [2.75, 3.05) is 0 Å². The van der Waals surface area contributed by atoms with E-state index in [9.17, 15) is 5.11 Å². The van der Waals surface area contributed by atoms with Gasteiger partial charge in [-0.3, -0.25) is 0 Å². The Morgan fingerprint density at radius 3 is 2.12 bits per heavy atom. The van der Waals surface area contributed by atoms with Crippen LogP contribution in [-0.2, 0) is 5.60 Å². The van der Waals surface area contributed by atoms with Gasteiger partial charge in [-0.15, -0.1) is 0 Å². The van der Waals surface area contributed by atoms with Crippen LogP contribution in [0.3, 0.4) is 0 Å². The Morgan fingerprint density at radius 1 is 1.06 bits per heavy atom. The zero-order chi connectivity index (χ0) is 12.2. The largest absolute Gasteiger partial charge is 0.385 e. The third kappa shape index (κ3) is 2.85. The summed E-state index contributed by atoms with van der Waals surface area (Å²) in [5.41, 5.74) is 2.93. The van der Waals surface area contributed by atoms with Crippen LogP contribution < -0.4 is 0 Å². The lowest BCUT2D eigenvalue weighted by Crippen LogP contribution is -2.26. The molecule has 0 aliphatic carbocycles. The highest BCUT2D eigenvalue weighted by Crippen LogP contribution is 2.34. The number of aryl methyl sites for hydroxylation is 2. The topological polar surface area (TPSA) is 20.2 Å². The van der Waals surface area contributed by atoms with Crippen molar-refractivity contribution < 1.29 is 5.11 Å². The van der Waals surface area contributed by atoms with E-state index in [1.54, 1.807) is 0 Å². The van der Waals surface area contributed by atoms with Crippen molar-refractivity contribution in [3.63, 3.8) is 0 Å². The van der Waals surface area contributed by atoms with Crippen LogP contribution in [0.25, 0.3) is 0 Å². The van der Waals surface area contributed by atoms with Crippen LogP contribution in [0.5, 0.6) is 0 Å². The first-order valence-corrected chi connectivity index (χ1v) is 6.33. The molecular formula is C15H24O. The van der Waals surface area contributed by atoms with Crippen molar-refractivity contribution in [2.45, 2.75) is 59.0 Å². The van der Waals surface area contributed by atoms with Gasteiger partial charge in [0.25, 0.3) is 0 Å². The summed E-state index contributed by atoms with van der Waals surface area (Å²) in [4.78, 5) is 0. The molecule has 0 fully saturated rings. The fourth-order valence-corrected chi connectivity index (χ4v) is 2.46. The first kappa shape index (κ1) is 13.2. The Labute approximate surface area is 99.5 Å². The molecule has 90 valence electrons. The highest BCUT2D eigenvalue weighted by atomic mass is 16.3. The zero-order valence-electron chi connectivity index (χ0n) is 11.0. The third-order valence-electron chi connectivity index (χ3n) is 3.22. The quantitative estimate of drug-likeness (QED) is 0.792. The summed E-state index contributed by atoms with van der Waals surface area (Å²) < 4.78 is 0. The Morgan fingerprint density at radius 2 is 1.62 bits per heavy atom. The maximum absolute atomic E-state index is 10.8. The highest BCUT2D eigenvalue weighted by Gasteiger charge is 2.28. The number of hydrogen-bond acceptors (Lipinski definition) is 1. The molecular weight excluding hydrogens is 196 g/mol. The average molecular weight is 220 g/mol. The van der Waals surface area contributed by atoms with Crippen molar-refractivity contribution in [1.29, 1.82) is 0 Å². The number of aliphatic hydroxyl groups is 1. The predicted molar refractivity (Wildman–Crippen MR) is 69.6 cm³/mol. The lowest BCUT2D eigenvalue weighted by Gasteiger charge is -2.30. The molecule has 0 amide bonds. The van der Waals surface area contributed by atoms with Gasteiger partial charge < -0.3 is 5.11 Å². The van der Waals surface area contributed by atoms with E-state index in [2.05, 4.69) is 45.9 Å². The van der Waals surface area contributed by atoms with Crippen molar-refractivity contribution >= 4 is 0 Å². The average Bonchev–Trinajstić information content (AvgIpc) is 2.22. The van der Waals surface area contributed by atoms with Gasteiger partial charge in [-0.2, -0.15) is 0 Å². The van der Waals surface area contributed by atoms with Gasteiger partial charge in [-0.1, -0.05) is 50.5 Å². The molecule has 0 bridgehead atoms.